The van der Waals surface area contributed by atoms with Crippen molar-refractivity contribution < 1.29 is 4.79 Å². The molecule has 0 fully saturated rings. The summed E-state index contributed by atoms with van der Waals surface area (Å²) in [6.45, 7) is 4.54. The molecule has 3 aromatic rings. The zero-order valence-corrected chi connectivity index (χ0v) is 15.3. The Morgan fingerprint density at radius 3 is 2.42 bits per heavy atom. The van der Waals surface area contributed by atoms with Gasteiger partial charge in [0.25, 0.3) is 5.91 Å². The van der Waals surface area contributed by atoms with Crippen molar-refractivity contribution in [3.05, 3.63) is 78.1 Å². The lowest BCUT2D eigenvalue weighted by atomic mass is 10.2. The van der Waals surface area contributed by atoms with Crippen molar-refractivity contribution in [1.29, 1.82) is 0 Å². The third-order valence-electron chi connectivity index (χ3n) is 4.18. The Hall–Kier alpha value is -3.21. The molecule has 1 heterocycles. The molecule has 0 spiro atoms. The number of carbonyl (C=O) groups excluding carboxylic acids is 1. The molecule has 0 atom stereocenters. The molecule has 3 rings (SSSR count). The van der Waals surface area contributed by atoms with Gasteiger partial charge in [0.15, 0.2) is 0 Å². The van der Waals surface area contributed by atoms with Crippen molar-refractivity contribution in [1.82, 2.24) is 9.97 Å². The van der Waals surface area contributed by atoms with Gasteiger partial charge in [-0.1, -0.05) is 30.3 Å². The number of nitrogens with zero attached hydrogens (tertiary/aromatic N) is 4. The molecule has 0 N–H and O–H groups in total. The maximum Gasteiger partial charge on any atom is 0.277 e. The molecule has 26 heavy (non-hydrogen) atoms. The molecule has 132 valence electrons. The van der Waals surface area contributed by atoms with E-state index in [0.717, 1.165) is 16.9 Å². The summed E-state index contributed by atoms with van der Waals surface area (Å²) in [7, 11) is 1.89. The van der Waals surface area contributed by atoms with Crippen molar-refractivity contribution in [2.45, 2.75) is 13.8 Å². The monoisotopic (exact) mass is 346 g/mol. The molecule has 0 saturated carbocycles. The van der Waals surface area contributed by atoms with Crippen LogP contribution in [0.4, 0.5) is 17.3 Å². The summed E-state index contributed by atoms with van der Waals surface area (Å²) < 4.78 is 0. The molecule has 0 aliphatic rings. The fraction of sp³-hybridized carbons (Fsp3) is 0.190. The molecule has 1 amide bonds. The van der Waals surface area contributed by atoms with Crippen LogP contribution in [0, 0.1) is 6.92 Å². The number of benzene rings is 2. The van der Waals surface area contributed by atoms with Gasteiger partial charge in [-0.05, 0) is 49.7 Å². The van der Waals surface area contributed by atoms with Gasteiger partial charge in [-0.25, -0.2) is 9.97 Å². The number of rotatable bonds is 5. The highest BCUT2D eigenvalue weighted by Gasteiger charge is 2.19. The summed E-state index contributed by atoms with van der Waals surface area (Å²) in [6.07, 6.45) is 1.62. The van der Waals surface area contributed by atoms with Gasteiger partial charge in [0.05, 0.1) is 0 Å². The van der Waals surface area contributed by atoms with Crippen LogP contribution in [0.15, 0.2) is 66.9 Å². The lowest BCUT2D eigenvalue weighted by Crippen LogP contribution is -2.31. The summed E-state index contributed by atoms with van der Waals surface area (Å²) in [4.78, 5) is 25.4. The fourth-order valence-electron chi connectivity index (χ4n) is 2.77. The fourth-order valence-corrected chi connectivity index (χ4v) is 2.77. The second-order valence-corrected chi connectivity index (χ2v) is 6.02. The second kappa shape index (κ2) is 7.78. The largest absolute Gasteiger partial charge is 0.314 e. The van der Waals surface area contributed by atoms with Crippen LogP contribution in [-0.4, -0.2) is 29.5 Å². The number of aryl methyl sites for hydroxylation is 1. The van der Waals surface area contributed by atoms with Gasteiger partial charge < -0.3 is 9.80 Å². The average molecular weight is 346 g/mol. The maximum atomic E-state index is 13.0. The van der Waals surface area contributed by atoms with E-state index in [0.29, 0.717) is 18.2 Å². The van der Waals surface area contributed by atoms with Crippen LogP contribution in [0.1, 0.15) is 23.0 Å². The molecule has 5 nitrogen and oxygen atoms in total. The third kappa shape index (κ3) is 3.72. The van der Waals surface area contributed by atoms with Crippen molar-refractivity contribution in [3.8, 4) is 0 Å². The first-order valence-corrected chi connectivity index (χ1v) is 8.60. The van der Waals surface area contributed by atoms with Gasteiger partial charge in [-0.2, -0.15) is 0 Å². The Labute approximate surface area is 153 Å². The number of hydrogen-bond donors (Lipinski definition) is 0. The van der Waals surface area contributed by atoms with Crippen LogP contribution >= 0.6 is 0 Å². The maximum absolute atomic E-state index is 13.0. The van der Waals surface area contributed by atoms with E-state index in [2.05, 4.69) is 9.97 Å². The minimum atomic E-state index is -0.136. The highest BCUT2D eigenvalue weighted by atomic mass is 16.2. The average Bonchev–Trinajstić information content (AvgIpc) is 2.69. The molecule has 0 radical (unpaired) electrons. The van der Waals surface area contributed by atoms with Crippen molar-refractivity contribution in [3.63, 3.8) is 0 Å². The van der Waals surface area contributed by atoms with Crippen LogP contribution in [0.5, 0.6) is 0 Å². The van der Waals surface area contributed by atoms with Crippen LogP contribution in [0.25, 0.3) is 0 Å². The van der Waals surface area contributed by atoms with E-state index in [1.54, 1.807) is 17.2 Å². The van der Waals surface area contributed by atoms with Crippen molar-refractivity contribution in [2.24, 2.45) is 0 Å². The number of anilines is 3. The van der Waals surface area contributed by atoms with Crippen LogP contribution in [-0.2, 0) is 0 Å². The van der Waals surface area contributed by atoms with Crippen molar-refractivity contribution >= 4 is 23.2 Å². The predicted octanol–water partition coefficient (Wildman–Crippen LogP) is 4.22. The third-order valence-corrected chi connectivity index (χ3v) is 4.18. The number of hydrogen-bond acceptors (Lipinski definition) is 4. The Morgan fingerprint density at radius 2 is 1.73 bits per heavy atom. The smallest absolute Gasteiger partial charge is 0.277 e. The number of para-hydroxylation sites is 1. The molecule has 0 bridgehead atoms. The number of amides is 1. The minimum absolute atomic E-state index is 0.136. The van der Waals surface area contributed by atoms with E-state index in [1.165, 1.54) is 0 Å². The zero-order chi connectivity index (χ0) is 18.5. The summed E-state index contributed by atoms with van der Waals surface area (Å²) in [5, 5.41) is 0. The van der Waals surface area contributed by atoms with Gasteiger partial charge in [0.1, 0.15) is 5.69 Å². The summed E-state index contributed by atoms with van der Waals surface area (Å²) in [5.74, 6) is 0.352. The Kier molecular flexibility index (Phi) is 5.27. The molecule has 1 aromatic heterocycles. The van der Waals surface area contributed by atoms with E-state index in [9.17, 15) is 4.79 Å². The first kappa shape index (κ1) is 17.6. The van der Waals surface area contributed by atoms with E-state index >= 15 is 0 Å². The molecule has 0 unspecified atom stereocenters. The Balaban J connectivity index is 1.90. The highest BCUT2D eigenvalue weighted by Crippen LogP contribution is 2.21. The predicted molar refractivity (Wildman–Crippen MR) is 105 cm³/mol. The molecule has 5 heteroatoms. The van der Waals surface area contributed by atoms with Gasteiger partial charge in [-0.3, -0.25) is 4.79 Å². The molecule has 2 aromatic carbocycles. The standard InChI is InChI=1S/C21H22N4O/c1-4-25(18-12-8-9-16(2)15-18)20(26)19-13-14-22-21(23-19)24(3)17-10-6-5-7-11-17/h5-15H,4H2,1-3H3. The van der Waals surface area contributed by atoms with Gasteiger partial charge in [0, 0.05) is 31.2 Å². The normalized spacial score (nSPS) is 10.4. The number of carbonyl (C=O) groups is 1. The highest BCUT2D eigenvalue weighted by molar-refractivity contribution is 6.04. The van der Waals surface area contributed by atoms with Crippen LogP contribution in [0.2, 0.25) is 0 Å². The SMILES string of the molecule is CCN(C(=O)c1ccnc(N(C)c2ccccc2)n1)c1cccc(C)c1. The van der Waals surface area contributed by atoms with Crippen molar-refractivity contribution in [2.75, 3.05) is 23.4 Å². The Morgan fingerprint density at radius 1 is 1.00 bits per heavy atom. The molecule has 0 aliphatic heterocycles. The van der Waals surface area contributed by atoms with Crippen LogP contribution in [0.3, 0.4) is 0 Å². The van der Waals surface area contributed by atoms with E-state index < -0.39 is 0 Å². The van der Waals surface area contributed by atoms with Crippen LogP contribution < -0.4 is 9.80 Å². The lowest BCUT2D eigenvalue weighted by molar-refractivity contribution is 0.0983. The summed E-state index contributed by atoms with van der Waals surface area (Å²) >= 11 is 0. The minimum Gasteiger partial charge on any atom is -0.314 e. The lowest BCUT2D eigenvalue weighted by Gasteiger charge is -2.22. The van der Waals surface area contributed by atoms with Gasteiger partial charge in [0.2, 0.25) is 5.95 Å². The quantitative estimate of drug-likeness (QED) is 0.694. The first-order chi connectivity index (χ1) is 12.6. The van der Waals surface area contributed by atoms with E-state index in [1.807, 2.05) is 80.4 Å². The molecule has 0 saturated heterocycles. The molecular formula is C21H22N4O. The summed E-state index contributed by atoms with van der Waals surface area (Å²) in [5.41, 5.74) is 3.32. The molecular weight excluding hydrogens is 324 g/mol. The first-order valence-electron chi connectivity index (χ1n) is 8.60. The topological polar surface area (TPSA) is 49.3 Å². The van der Waals surface area contributed by atoms with E-state index in [-0.39, 0.29) is 5.91 Å². The summed E-state index contributed by atoms with van der Waals surface area (Å²) in [6, 6.07) is 19.4. The molecule has 0 aliphatic carbocycles. The Bertz CT molecular complexity index is 895. The zero-order valence-electron chi connectivity index (χ0n) is 15.3. The van der Waals surface area contributed by atoms with Gasteiger partial charge >= 0.3 is 0 Å². The van der Waals surface area contributed by atoms with E-state index in [4.69, 9.17) is 0 Å². The van der Waals surface area contributed by atoms with Gasteiger partial charge in [-0.15, -0.1) is 0 Å². The second-order valence-electron chi connectivity index (χ2n) is 6.02. The number of aromatic nitrogens is 2.